The molecule has 1 aromatic carbocycles. The fraction of sp³-hybridized carbons (Fsp3) is 0.455. The first-order valence-corrected chi connectivity index (χ1v) is 10.1. The molecule has 2 aliphatic rings. The Morgan fingerprint density at radius 3 is 2.79 bits per heavy atom. The molecule has 4 rings (SSSR count). The highest BCUT2D eigenvalue weighted by Crippen LogP contribution is 2.44. The van der Waals surface area contributed by atoms with Gasteiger partial charge in [0.05, 0.1) is 17.3 Å². The number of amides is 1. The first-order valence-electron chi connectivity index (χ1n) is 10.1. The molecule has 5 nitrogen and oxygen atoms in total. The lowest BCUT2D eigenvalue weighted by Crippen LogP contribution is -2.46. The van der Waals surface area contributed by atoms with Crippen molar-refractivity contribution < 1.29 is 13.6 Å². The number of pyridine rings is 1. The van der Waals surface area contributed by atoms with Gasteiger partial charge in [-0.3, -0.25) is 14.7 Å². The van der Waals surface area contributed by atoms with E-state index in [1.54, 1.807) is 18.5 Å². The summed E-state index contributed by atoms with van der Waals surface area (Å²) in [5.74, 6) is -1.59. The third kappa shape index (κ3) is 4.02. The quantitative estimate of drug-likeness (QED) is 0.856. The van der Waals surface area contributed by atoms with Gasteiger partial charge in [-0.2, -0.15) is 0 Å². The van der Waals surface area contributed by atoms with E-state index in [2.05, 4.69) is 27.1 Å². The maximum absolute atomic E-state index is 13.6. The first-order chi connectivity index (χ1) is 14.0. The lowest BCUT2D eigenvalue weighted by Gasteiger charge is -2.34. The number of aromatic nitrogens is 1. The van der Waals surface area contributed by atoms with Crippen molar-refractivity contribution in [1.82, 2.24) is 14.8 Å². The van der Waals surface area contributed by atoms with Gasteiger partial charge in [-0.1, -0.05) is 6.07 Å². The minimum Gasteiger partial charge on any atom is -0.324 e. The summed E-state index contributed by atoms with van der Waals surface area (Å²) in [5.41, 5.74) is 1.01. The first kappa shape index (κ1) is 19.9. The summed E-state index contributed by atoms with van der Waals surface area (Å²) in [6.45, 7) is 3.00. The van der Waals surface area contributed by atoms with Crippen molar-refractivity contribution in [2.75, 3.05) is 32.0 Å². The summed E-state index contributed by atoms with van der Waals surface area (Å²) in [6.07, 6.45) is 5.76. The number of nitrogens with one attached hydrogen (secondary N) is 1. The van der Waals surface area contributed by atoms with Crippen molar-refractivity contribution >= 4 is 11.6 Å². The Hall–Kier alpha value is -2.38. The molecule has 1 aromatic heterocycles. The average molecular weight is 400 g/mol. The van der Waals surface area contributed by atoms with Crippen LogP contribution in [0, 0.1) is 17.0 Å². The van der Waals surface area contributed by atoms with Crippen molar-refractivity contribution in [3.63, 3.8) is 0 Å². The molecule has 2 aromatic rings. The van der Waals surface area contributed by atoms with Crippen molar-refractivity contribution in [2.45, 2.75) is 31.8 Å². The SMILES string of the molecule is CN1CC[C@@]2(C(=O)Nc3cccnc3)CCN(Cc3ccc(F)c(F)c3)CC[C@@H]12. The zero-order chi connectivity index (χ0) is 20.4. The Kier molecular flexibility index (Phi) is 5.61. The Morgan fingerprint density at radius 1 is 1.21 bits per heavy atom. The van der Waals surface area contributed by atoms with E-state index in [1.165, 1.54) is 12.1 Å². The van der Waals surface area contributed by atoms with E-state index < -0.39 is 17.0 Å². The third-order valence-corrected chi connectivity index (χ3v) is 6.44. The molecule has 0 radical (unpaired) electrons. The van der Waals surface area contributed by atoms with Gasteiger partial charge in [0.1, 0.15) is 0 Å². The molecule has 1 amide bonds. The van der Waals surface area contributed by atoms with Gasteiger partial charge in [0, 0.05) is 25.3 Å². The summed E-state index contributed by atoms with van der Waals surface area (Å²) in [5, 5.41) is 3.06. The minimum absolute atomic E-state index is 0.0505. The van der Waals surface area contributed by atoms with Crippen LogP contribution in [0.15, 0.2) is 42.7 Å². The summed E-state index contributed by atoms with van der Waals surface area (Å²) < 4.78 is 26.8. The number of fused-ring (bicyclic) bond motifs is 1. The van der Waals surface area contributed by atoms with E-state index in [0.717, 1.165) is 44.5 Å². The predicted octanol–water partition coefficient (Wildman–Crippen LogP) is 3.28. The molecule has 154 valence electrons. The number of halogens is 2. The van der Waals surface area contributed by atoms with E-state index >= 15 is 0 Å². The Bertz CT molecular complexity index is 878. The maximum atomic E-state index is 13.6. The molecular formula is C22H26F2N4O. The number of benzene rings is 1. The van der Waals surface area contributed by atoms with Crippen LogP contribution in [0.5, 0.6) is 0 Å². The smallest absolute Gasteiger partial charge is 0.232 e. The Morgan fingerprint density at radius 2 is 2.03 bits per heavy atom. The molecular weight excluding hydrogens is 374 g/mol. The monoisotopic (exact) mass is 400 g/mol. The molecule has 7 heteroatoms. The molecule has 2 aliphatic heterocycles. The van der Waals surface area contributed by atoms with Gasteiger partial charge in [0.2, 0.25) is 5.91 Å². The number of carbonyl (C=O) groups excluding carboxylic acids is 1. The van der Waals surface area contributed by atoms with Crippen molar-refractivity contribution in [1.29, 1.82) is 0 Å². The Labute approximate surface area is 169 Å². The van der Waals surface area contributed by atoms with Crippen molar-refractivity contribution in [2.24, 2.45) is 5.41 Å². The van der Waals surface area contributed by atoms with Gasteiger partial charge < -0.3 is 10.2 Å². The highest BCUT2D eigenvalue weighted by atomic mass is 19.2. The van der Waals surface area contributed by atoms with Gasteiger partial charge in [0.25, 0.3) is 0 Å². The largest absolute Gasteiger partial charge is 0.324 e. The number of anilines is 1. The molecule has 2 atom stereocenters. The molecule has 1 N–H and O–H groups in total. The van der Waals surface area contributed by atoms with Gasteiger partial charge in [-0.15, -0.1) is 0 Å². The molecule has 2 fully saturated rings. The van der Waals surface area contributed by atoms with E-state index in [-0.39, 0.29) is 11.9 Å². The lowest BCUT2D eigenvalue weighted by atomic mass is 9.75. The molecule has 0 unspecified atom stereocenters. The normalized spacial score (nSPS) is 25.4. The Balaban J connectivity index is 1.50. The predicted molar refractivity (Wildman–Crippen MR) is 107 cm³/mol. The second kappa shape index (κ2) is 8.16. The number of rotatable bonds is 4. The van der Waals surface area contributed by atoms with E-state index in [4.69, 9.17) is 0 Å². The molecule has 2 saturated heterocycles. The summed E-state index contributed by atoms with van der Waals surface area (Å²) in [7, 11) is 2.08. The number of nitrogens with zero attached hydrogens (tertiary/aromatic N) is 3. The third-order valence-electron chi connectivity index (χ3n) is 6.44. The zero-order valence-electron chi connectivity index (χ0n) is 16.6. The van der Waals surface area contributed by atoms with Gasteiger partial charge in [-0.05, 0) is 69.2 Å². The van der Waals surface area contributed by atoms with Gasteiger partial charge in [-0.25, -0.2) is 8.78 Å². The number of hydrogen-bond acceptors (Lipinski definition) is 4. The highest BCUT2D eigenvalue weighted by molar-refractivity contribution is 5.96. The van der Waals surface area contributed by atoms with Crippen LogP contribution in [0.4, 0.5) is 14.5 Å². The minimum atomic E-state index is -0.827. The molecule has 3 heterocycles. The lowest BCUT2D eigenvalue weighted by molar-refractivity contribution is -0.127. The van der Waals surface area contributed by atoms with Crippen LogP contribution in [-0.4, -0.2) is 53.4 Å². The average Bonchev–Trinajstić information content (AvgIpc) is 2.92. The number of hydrogen-bond donors (Lipinski definition) is 1. The van der Waals surface area contributed by atoms with Crippen LogP contribution in [0.3, 0.4) is 0 Å². The molecule has 29 heavy (non-hydrogen) atoms. The van der Waals surface area contributed by atoms with Crippen LogP contribution in [0.2, 0.25) is 0 Å². The molecule has 0 bridgehead atoms. The van der Waals surface area contributed by atoms with E-state index in [1.807, 2.05) is 12.1 Å². The van der Waals surface area contributed by atoms with Crippen LogP contribution in [0.1, 0.15) is 24.8 Å². The van der Waals surface area contributed by atoms with Crippen LogP contribution in [-0.2, 0) is 11.3 Å². The molecule has 0 spiro atoms. The molecule has 0 aliphatic carbocycles. The van der Waals surface area contributed by atoms with Gasteiger partial charge in [0.15, 0.2) is 11.6 Å². The molecule has 0 saturated carbocycles. The van der Waals surface area contributed by atoms with Crippen LogP contribution in [0.25, 0.3) is 0 Å². The second-order valence-corrected chi connectivity index (χ2v) is 8.16. The van der Waals surface area contributed by atoms with Crippen LogP contribution < -0.4 is 5.32 Å². The highest BCUT2D eigenvalue weighted by Gasteiger charge is 2.52. The number of carbonyl (C=O) groups is 1. The maximum Gasteiger partial charge on any atom is 0.232 e. The zero-order valence-corrected chi connectivity index (χ0v) is 16.6. The number of likely N-dealkylation sites (tertiary alicyclic amines) is 2. The standard InChI is InChI=1S/C22H26F2N4O/c1-27-11-7-22(21(29)26-17-3-2-9-25-14-17)8-12-28(10-6-20(22)27)15-16-4-5-18(23)19(24)13-16/h2-5,9,13-14,20H,6-8,10-12,15H2,1H3,(H,26,29)/t20-,22-/m1/s1. The summed E-state index contributed by atoms with van der Waals surface area (Å²) in [6, 6.07) is 7.88. The van der Waals surface area contributed by atoms with Crippen LogP contribution >= 0.6 is 0 Å². The van der Waals surface area contributed by atoms with E-state index in [9.17, 15) is 13.6 Å². The fourth-order valence-corrected chi connectivity index (χ4v) is 4.81. The van der Waals surface area contributed by atoms with Gasteiger partial charge >= 0.3 is 0 Å². The van der Waals surface area contributed by atoms with Crippen molar-refractivity contribution in [3.8, 4) is 0 Å². The van der Waals surface area contributed by atoms with Crippen molar-refractivity contribution in [3.05, 3.63) is 59.9 Å². The summed E-state index contributed by atoms with van der Waals surface area (Å²) >= 11 is 0. The fourth-order valence-electron chi connectivity index (χ4n) is 4.81. The van der Waals surface area contributed by atoms with E-state index in [0.29, 0.717) is 12.2 Å². The summed E-state index contributed by atoms with van der Waals surface area (Å²) in [4.78, 5) is 21.9. The second-order valence-electron chi connectivity index (χ2n) is 8.16. The topological polar surface area (TPSA) is 48.5 Å².